The van der Waals surface area contributed by atoms with Gasteiger partial charge in [0.2, 0.25) is 0 Å². The molecule has 0 aromatic heterocycles. The Hall–Kier alpha value is -2.38. The Labute approximate surface area is 149 Å². The van der Waals surface area contributed by atoms with Gasteiger partial charge in [-0.1, -0.05) is 31.0 Å². The number of hydrogen-bond donors (Lipinski definition) is 1. The van der Waals surface area contributed by atoms with Crippen LogP contribution in [0.3, 0.4) is 0 Å². The molecule has 2 amide bonds. The van der Waals surface area contributed by atoms with Crippen LogP contribution in [0.2, 0.25) is 0 Å². The molecule has 140 valence electrons. The zero-order chi connectivity index (χ0) is 19.1. The van der Waals surface area contributed by atoms with E-state index < -0.39 is 23.7 Å². The Morgan fingerprint density at radius 1 is 1.23 bits per heavy atom. The summed E-state index contributed by atoms with van der Waals surface area (Å²) in [4.78, 5) is 30.0. The first-order chi connectivity index (χ1) is 12.2. The topological polar surface area (TPSA) is 61.8 Å². The molecular formula is C18H20F3N3O2. The van der Waals surface area contributed by atoms with Crippen LogP contribution in [0.25, 0.3) is 0 Å². The van der Waals surface area contributed by atoms with Gasteiger partial charge in [-0.2, -0.15) is 13.2 Å². The summed E-state index contributed by atoms with van der Waals surface area (Å²) in [5.41, 5.74) is -2.67. The van der Waals surface area contributed by atoms with Gasteiger partial charge in [0.1, 0.15) is 5.84 Å². The van der Waals surface area contributed by atoms with Crippen LogP contribution in [0.4, 0.5) is 13.2 Å². The summed E-state index contributed by atoms with van der Waals surface area (Å²) >= 11 is 0. The second-order valence-electron chi connectivity index (χ2n) is 6.75. The van der Waals surface area contributed by atoms with Gasteiger partial charge in [-0.3, -0.25) is 14.5 Å². The monoisotopic (exact) mass is 367 g/mol. The van der Waals surface area contributed by atoms with E-state index in [0.29, 0.717) is 18.4 Å². The lowest BCUT2D eigenvalue weighted by Gasteiger charge is -2.31. The van der Waals surface area contributed by atoms with E-state index in [0.717, 1.165) is 17.7 Å². The first-order valence-corrected chi connectivity index (χ1v) is 8.52. The maximum atomic E-state index is 13.9. The summed E-state index contributed by atoms with van der Waals surface area (Å²) in [6, 6.07) is 5.96. The number of aryl methyl sites for hydroxylation is 1. The molecule has 1 aromatic carbocycles. The Bertz CT molecular complexity index is 769. The van der Waals surface area contributed by atoms with Crippen molar-refractivity contribution in [2.24, 2.45) is 4.99 Å². The number of nitrogens with one attached hydrogen (secondary N) is 1. The van der Waals surface area contributed by atoms with Crippen LogP contribution >= 0.6 is 0 Å². The number of carbonyl (C=O) groups is 2. The molecule has 1 heterocycles. The van der Waals surface area contributed by atoms with Crippen molar-refractivity contribution < 1.29 is 22.8 Å². The molecule has 3 rings (SSSR count). The molecule has 1 saturated carbocycles. The van der Waals surface area contributed by atoms with E-state index in [-0.39, 0.29) is 17.4 Å². The average molecular weight is 367 g/mol. The summed E-state index contributed by atoms with van der Waals surface area (Å²) in [6.45, 7) is 2.99. The van der Waals surface area contributed by atoms with E-state index in [4.69, 9.17) is 0 Å². The number of rotatable bonds is 3. The Balaban J connectivity index is 1.97. The lowest BCUT2D eigenvalue weighted by molar-refractivity contribution is -0.196. The van der Waals surface area contributed by atoms with Gasteiger partial charge in [0.25, 0.3) is 11.8 Å². The normalized spacial score (nSPS) is 24.1. The fourth-order valence-electron chi connectivity index (χ4n) is 3.65. The van der Waals surface area contributed by atoms with Crippen molar-refractivity contribution in [3.63, 3.8) is 0 Å². The zero-order valence-corrected chi connectivity index (χ0v) is 14.6. The van der Waals surface area contributed by atoms with Crippen LogP contribution < -0.4 is 5.32 Å². The Morgan fingerprint density at radius 2 is 1.85 bits per heavy atom. The van der Waals surface area contributed by atoms with Crippen LogP contribution in [0, 0.1) is 6.92 Å². The zero-order valence-electron chi connectivity index (χ0n) is 14.6. The highest BCUT2D eigenvalue weighted by molar-refractivity contribution is 6.10. The molecule has 0 bridgehead atoms. The minimum absolute atomic E-state index is 0.00990. The van der Waals surface area contributed by atoms with Gasteiger partial charge in [-0.05, 0) is 38.3 Å². The van der Waals surface area contributed by atoms with E-state index in [1.54, 1.807) is 25.1 Å². The number of amides is 2. The number of aliphatic imine (C=N–C) groups is 1. The standard InChI is InChI=1S/C18H20F3N3O2/c1-11-7-3-6-10-14(11)15(25)23-17(18(19,20)21)16(26)24(12(2)22-17)13-8-4-5-9-13/h3,6-7,10,13H,4-5,8-9H2,1-2H3,(H,23,25). The predicted molar refractivity (Wildman–Crippen MR) is 89.6 cm³/mol. The molecule has 1 fully saturated rings. The molecule has 26 heavy (non-hydrogen) atoms. The number of hydrogen-bond acceptors (Lipinski definition) is 3. The molecule has 1 aromatic rings. The van der Waals surface area contributed by atoms with Crippen molar-refractivity contribution >= 4 is 17.6 Å². The molecule has 0 spiro atoms. The molecule has 1 atom stereocenters. The third kappa shape index (κ3) is 2.87. The molecule has 1 unspecified atom stereocenters. The van der Waals surface area contributed by atoms with Gasteiger partial charge in [0, 0.05) is 11.6 Å². The van der Waals surface area contributed by atoms with Crippen LogP contribution in [0.1, 0.15) is 48.5 Å². The highest BCUT2D eigenvalue weighted by Crippen LogP contribution is 2.40. The van der Waals surface area contributed by atoms with Crippen LogP contribution in [-0.2, 0) is 4.79 Å². The van der Waals surface area contributed by atoms with Crippen molar-refractivity contribution in [2.75, 3.05) is 0 Å². The average Bonchev–Trinajstić information content (AvgIpc) is 3.14. The van der Waals surface area contributed by atoms with Crippen LogP contribution in [0.5, 0.6) is 0 Å². The molecular weight excluding hydrogens is 347 g/mol. The summed E-state index contributed by atoms with van der Waals surface area (Å²) in [7, 11) is 0. The quantitative estimate of drug-likeness (QED) is 0.892. The molecule has 2 aliphatic rings. The van der Waals surface area contributed by atoms with Gasteiger partial charge >= 0.3 is 11.8 Å². The highest BCUT2D eigenvalue weighted by atomic mass is 19.4. The van der Waals surface area contributed by atoms with Crippen molar-refractivity contribution in [3.8, 4) is 0 Å². The number of benzene rings is 1. The highest BCUT2D eigenvalue weighted by Gasteiger charge is 2.67. The fourth-order valence-corrected chi connectivity index (χ4v) is 3.65. The third-order valence-electron chi connectivity index (χ3n) is 4.99. The van der Waals surface area contributed by atoms with E-state index in [1.807, 2.05) is 5.32 Å². The van der Waals surface area contributed by atoms with E-state index in [9.17, 15) is 22.8 Å². The second-order valence-corrected chi connectivity index (χ2v) is 6.75. The maximum Gasteiger partial charge on any atom is 0.442 e. The van der Waals surface area contributed by atoms with Crippen LogP contribution in [-0.4, -0.2) is 40.4 Å². The SMILES string of the molecule is CC1=NC(NC(=O)c2ccccc2C)(C(F)(F)F)C(=O)N1C1CCCC1. The van der Waals surface area contributed by atoms with E-state index in [1.165, 1.54) is 13.0 Å². The van der Waals surface area contributed by atoms with Crippen molar-refractivity contribution in [1.82, 2.24) is 10.2 Å². The van der Waals surface area contributed by atoms with Crippen molar-refractivity contribution in [3.05, 3.63) is 35.4 Å². The van der Waals surface area contributed by atoms with Gasteiger partial charge in [0.15, 0.2) is 0 Å². The summed E-state index contributed by atoms with van der Waals surface area (Å²) in [6.07, 6.45) is -2.06. The number of carbonyl (C=O) groups excluding carboxylic acids is 2. The van der Waals surface area contributed by atoms with E-state index in [2.05, 4.69) is 4.99 Å². The van der Waals surface area contributed by atoms with Crippen LogP contribution in [0.15, 0.2) is 29.3 Å². The molecule has 1 aliphatic carbocycles. The van der Waals surface area contributed by atoms with Crippen molar-refractivity contribution in [2.45, 2.75) is 57.4 Å². The maximum absolute atomic E-state index is 13.9. The summed E-state index contributed by atoms with van der Waals surface area (Å²) < 4.78 is 41.7. The fraction of sp³-hybridized carbons (Fsp3) is 0.500. The Morgan fingerprint density at radius 3 is 2.42 bits per heavy atom. The lowest BCUT2D eigenvalue weighted by atomic mass is 10.0. The van der Waals surface area contributed by atoms with E-state index >= 15 is 0 Å². The number of amidine groups is 1. The number of nitrogens with zero attached hydrogens (tertiary/aromatic N) is 2. The molecule has 1 aliphatic heterocycles. The molecule has 5 nitrogen and oxygen atoms in total. The minimum Gasteiger partial charge on any atom is -0.312 e. The molecule has 0 radical (unpaired) electrons. The van der Waals surface area contributed by atoms with Gasteiger partial charge in [-0.25, -0.2) is 4.99 Å². The summed E-state index contributed by atoms with van der Waals surface area (Å²) in [5, 5.41) is 1.88. The largest absolute Gasteiger partial charge is 0.442 e. The molecule has 1 N–H and O–H groups in total. The minimum atomic E-state index is -5.04. The second kappa shape index (κ2) is 6.41. The molecule has 0 saturated heterocycles. The Kier molecular flexibility index (Phi) is 4.54. The first-order valence-electron chi connectivity index (χ1n) is 8.52. The predicted octanol–water partition coefficient (Wildman–Crippen LogP) is 3.19. The van der Waals surface area contributed by atoms with Gasteiger partial charge in [-0.15, -0.1) is 0 Å². The first kappa shape index (κ1) is 18.4. The summed E-state index contributed by atoms with van der Waals surface area (Å²) in [5.74, 6) is -2.21. The van der Waals surface area contributed by atoms with Crippen molar-refractivity contribution in [1.29, 1.82) is 0 Å². The smallest absolute Gasteiger partial charge is 0.312 e. The molecule has 8 heteroatoms. The lowest BCUT2D eigenvalue weighted by Crippen LogP contribution is -2.64. The van der Waals surface area contributed by atoms with Gasteiger partial charge < -0.3 is 5.32 Å². The number of alkyl halides is 3. The number of halogens is 3. The van der Waals surface area contributed by atoms with Gasteiger partial charge in [0.05, 0.1) is 0 Å². The third-order valence-corrected chi connectivity index (χ3v) is 4.99.